The van der Waals surface area contributed by atoms with Gasteiger partial charge in [-0.1, -0.05) is 23.2 Å². The van der Waals surface area contributed by atoms with Crippen LogP contribution in [0.25, 0.3) is 0 Å². The highest BCUT2D eigenvalue weighted by Crippen LogP contribution is 2.31. The molecule has 1 N–H and O–H groups in total. The van der Waals surface area contributed by atoms with Crippen molar-refractivity contribution in [1.29, 1.82) is 0 Å². The molecule has 1 aromatic rings. The van der Waals surface area contributed by atoms with Gasteiger partial charge in [-0.25, -0.2) is 4.39 Å². The summed E-state index contributed by atoms with van der Waals surface area (Å²) in [6, 6.07) is 3.12. The van der Waals surface area contributed by atoms with E-state index in [1.165, 1.54) is 12.8 Å². The fraction of sp³-hybridized carbons (Fsp3) is 0.400. The van der Waals surface area contributed by atoms with Crippen molar-refractivity contribution in [3.05, 3.63) is 28.0 Å². The fourth-order valence-corrected chi connectivity index (χ4v) is 1.73. The van der Waals surface area contributed by atoms with Crippen LogP contribution in [-0.4, -0.2) is 6.54 Å². The lowest BCUT2D eigenvalue weighted by Gasteiger charge is -2.07. The highest BCUT2D eigenvalue weighted by atomic mass is 35.5. The van der Waals surface area contributed by atoms with E-state index in [-0.39, 0.29) is 10.0 Å². The van der Waals surface area contributed by atoms with E-state index < -0.39 is 5.82 Å². The van der Waals surface area contributed by atoms with Crippen molar-refractivity contribution in [3.8, 4) is 0 Å². The quantitative estimate of drug-likeness (QED) is 0.780. The second-order valence-corrected chi connectivity index (χ2v) is 4.39. The Hall–Kier alpha value is -0.470. The maximum atomic E-state index is 13.0. The van der Waals surface area contributed by atoms with Gasteiger partial charge in [-0.15, -0.1) is 0 Å². The van der Waals surface area contributed by atoms with Gasteiger partial charge in [-0.3, -0.25) is 0 Å². The van der Waals surface area contributed by atoms with Crippen LogP contribution in [0.1, 0.15) is 12.8 Å². The molecule has 0 aromatic heterocycles. The van der Waals surface area contributed by atoms with Crippen LogP contribution in [0.15, 0.2) is 12.1 Å². The fourth-order valence-electron chi connectivity index (χ4n) is 1.24. The molecule has 1 aliphatic carbocycles. The molecule has 1 saturated carbocycles. The van der Waals surface area contributed by atoms with Gasteiger partial charge in [-0.2, -0.15) is 0 Å². The van der Waals surface area contributed by atoms with Gasteiger partial charge >= 0.3 is 0 Å². The van der Waals surface area contributed by atoms with E-state index in [0.717, 1.165) is 18.2 Å². The van der Waals surface area contributed by atoms with Crippen molar-refractivity contribution in [3.63, 3.8) is 0 Å². The first-order valence-electron chi connectivity index (χ1n) is 4.55. The van der Waals surface area contributed by atoms with E-state index in [1.54, 1.807) is 12.1 Å². The molecule has 76 valence electrons. The molecule has 14 heavy (non-hydrogen) atoms. The second kappa shape index (κ2) is 3.95. The molecular formula is C10H10Cl2FN. The molecule has 2 rings (SSSR count). The summed E-state index contributed by atoms with van der Waals surface area (Å²) in [5, 5.41) is 3.31. The zero-order chi connectivity index (χ0) is 10.1. The van der Waals surface area contributed by atoms with Crippen molar-refractivity contribution >= 4 is 28.9 Å². The van der Waals surface area contributed by atoms with Crippen LogP contribution < -0.4 is 5.32 Å². The third-order valence-electron chi connectivity index (χ3n) is 2.28. The monoisotopic (exact) mass is 233 g/mol. The van der Waals surface area contributed by atoms with Crippen LogP contribution in [0.4, 0.5) is 10.1 Å². The molecule has 1 aromatic carbocycles. The largest absolute Gasteiger partial charge is 0.385 e. The smallest absolute Gasteiger partial charge is 0.160 e. The Labute approximate surface area is 92.2 Å². The van der Waals surface area contributed by atoms with Gasteiger partial charge in [0.25, 0.3) is 0 Å². The average Bonchev–Trinajstić information content (AvgIpc) is 2.94. The minimum absolute atomic E-state index is 0.0656. The van der Waals surface area contributed by atoms with Crippen molar-refractivity contribution in [1.82, 2.24) is 0 Å². The van der Waals surface area contributed by atoms with E-state index in [1.807, 2.05) is 0 Å². The van der Waals surface area contributed by atoms with Crippen LogP contribution in [-0.2, 0) is 0 Å². The third kappa shape index (κ3) is 2.31. The lowest BCUT2D eigenvalue weighted by molar-refractivity contribution is 0.629. The number of hydrogen-bond donors (Lipinski definition) is 1. The zero-order valence-electron chi connectivity index (χ0n) is 7.49. The lowest BCUT2D eigenvalue weighted by Crippen LogP contribution is -2.03. The van der Waals surface area contributed by atoms with Gasteiger partial charge in [0.15, 0.2) is 5.82 Å². The first-order valence-corrected chi connectivity index (χ1v) is 5.31. The summed E-state index contributed by atoms with van der Waals surface area (Å²) in [5.74, 6) is 0.211. The summed E-state index contributed by atoms with van der Waals surface area (Å²) in [6.45, 7) is 0.915. The predicted octanol–water partition coefficient (Wildman–Crippen LogP) is 3.95. The lowest BCUT2D eigenvalue weighted by atomic mass is 10.3. The number of nitrogens with one attached hydrogen (secondary N) is 1. The molecular weight excluding hydrogens is 224 g/mol. The molecule has 0 radical (unpaired) electrons. The summed E-state index contributed by atoms with van der Waals surface area (Å²) < 4.78 is 13.0. The van der Waals surface area contributed by atoms with Gasteiger partial charge < -0.3 is 5.32 Å². The number of rotatable bonds is 3. The highest BCUT2D eigenvalue weighted by molar-refractivity contribution is 6.35. The Morgan fingerprint density at radius 3 is 2.36 bits per heavy atom. The van der Waals surface area contributed by atoms with Crippen molar-refractivity contribution in [2.24, 2.45) is 5.92 Å². The van der Waals surface area contributed by atoms with Gasteiger partial charge in [0, 0.05) is 12.2 Å². The average molecular weight is 234 g/mol. The number of anilines is 1. The normalized spacial score (nSPS) is 15.6. The third-order valence-corrected chi connectivity index (χ3v) is 2.83. The molecule has 0 heterocycles. The van der Waals surface area contributed by atoms with E-state index in [2.05, 4.69) is 5.32 Å². The minimum Gasteiger partial charge on any atom is -0.385 e. The number of benzene rings is 1. The Kier molecular flexibility index (Phi) is 2.84. The Bertz CT molecular complexity index is 327. The first kappa shape index (κ1) is 10.1. The van der Waals surface area contributed by atoms with Gasteiger partial charge in [0.1, 0.15) is 0 Å². The van der Waals surface area contributed by atoms with Crippen LogP contribution in [0.5, 0.6) is 0 Å². The van der Waals surface area contributed by atoms with Crippen molar-refractivity contribution in [2.75, 3.05) is 11.9 Å². The summed E-state index contributed by atoms with van der Waals surface area (Å²) in [7, 11) is 0. The molecule has 4 heteroatoms. The Morgan fingerprint density at radius 2 is 1.86 bits per heavy atom. The molecule has 0 saturated heterocycles. The van der Waals surface area contributed by atoms with Crippen molar-refractivity contribution < 1.29 is 4.39 Å². The number of halogens is 3. The summed E-state index contributed by atoms with van der Waals surface area (Å²) in [6.07, 6.45) is 2.55. The number of hydrogen-bond acceptors (Lipinski definition) is 1. The summed E-state index contributed by atoms with van der Waals surface area (Å²) >= 11 is 11.3. The van der Waals surface area contributed by atoms with Crippen LogP contribution >= 0.6 is 23.2 Å². The molecule has 0 bridgehead atoms. The predicted molar refractivity (Wildman–Crippen MR) is 57.6 cm³/mol. The highest BCUT2D eigenvalue weighted by Gasteiger charge is 2.20. The molecule has 0 unspecified atom stereocenters. The summed E-state index contributed by atoms with van der Waals surface area (Å²) in [5.41, 5.74) is 0.785. The molecule has 0 atom stereocenters. The molecule has 0 amide bonds. The minimum atomic E-state index is -0.551. The van der Waals surface area contributed by atoms with Crippen LogP contribution in [0, 0.1) is 11.7 Å². The maximum Gasteiger partial charge on any atom is 0.160 e. The van der Waals surface area contributed by atoms with Gasteiger partial charge in [0.2, 0.25) is 0 Å². The van der Waals surface area contributed by atoms with Crippen molar-refractivity contribution in [2.45, 2.75) is 12.8 Å². The SMILES string of the molecule is Fc1c(Cl)cc(NCC2CC2)cc1Cl. The molecule has 0 spiro atoms. The maximum absolute atomic E-state index is 13.0. The first-order chi connectivity index (χ1) is 6.66. The molecule has 1 nitrogen and oxygen atoms in total. The zero-order valence-corrected chi connectivity index (χ0v) is 9.00. The van der Waals surface area contributed by atoms with Gasteiger partial charge in [-0.05, 0) is 30.9 Å². The van der Waals surface area contributed by atoms with E-state index in [0.29, 0.717) is 0 Å². The van der Waals surface area contributed by atoms with Gasteiger partial charge in [0.05, 0.1) is 10.0 Å². The standard InChI is InChI=1S/C10H10Cl2FN/c11-8-3-7(4-9(12)10(8)13)14-5-6-1-2-6/h3-4,6,14H,1-2,5H2. The molecule has 0 aliphatic heterocycles. The van der Waals surface area contributed by atoms with Crippen LogP contribution in [0.2, 0.25) is 10.0 Å². The van der Waals surface area contributed by atoms with E-state index in [9.17, 15) is 4.39 Å². The summed E-state index contributed by atoms with van der Waals surface area (Å²) in [4.78, 5) is 0. The van der Waals surface area contributed by atoms with E-state index >= 15 is 0 Å². The Morgan fingerprint density at radius 1 is 1.29 bits per heavy atom. The molecule has 1 fully saturated rings. The Balaban J connectivity index is 2.08. The molecule has 1 aliphatic rings. The topological polar surface area (TPSA) is 12.0 Å². The van der Waals surface area contributed by atoms with E-state index in [4.69, 9.17) is 23.2 Å². The second-order valence-electron chi connectivity index (χ2n) is 3.58. The van der Waals surface area contributed by atoms with Crippen LogP contribution in [0.3, 0.4) is 0 Å².